The molecule has 0 aliphatic rings. The van der Waals surface area contributed by atoms with Crippen molar-refractivity contribution in [3.05, 3.63) is 64.6 Å². The Morgan fingerprint density at radius 1 is 1.21 bits per heavy atom. The molecule has 4 aromatic rings. The quantitative estimate of drug-likeness (QED) is 0.457. The zero-order valence-corrected chi connectivity index (χ0v) is 18.4. The van der Waals surface area contributed by atoms with Crippen LogP contribution in [0.4, 0.5) is 13.2 Å². The van der Waals surface area contributed by atoms with E-state index in [4.69, 9.17) is 0 Å². The van der Waals surface area contributed by atoms with Gasteiger partial charge in [0.05, 0.1) is 11.7 Å². The third kappa shape index (κ3) is 4.74. The molecule has 2 N–H and O–H groups in total. The van der Waals surface area contributed by atoms with Gasteiger partial charge in [-0.15, -0.1) is 0 Å². The maximum absolute atomic E-state index is 12.4. The predicted molar refractivity (Wildman–Crippen MR) is 118 cm³/mol. The standard InChI is InChI=1S/C23H23F3N6O/c1-4-16-14(6-8-19-18(16)11-28-30-19)10-20-29-21(31-32(20)3)15-5-7-17(13(2)9-15)22(33)27-12-23(24,25)26/h5-9,11H,4,10,12H2,1-3H3,(H,27,33)(H,28,30). The summed E-state index contributed by atoms with van der Waals surface area (Å²) < 4.78 is 38.9. The summed E-state index contributed by atoms with van der Waals surface area (Å²) >= 11 is 0. The number of rotatable bonds is 6. The maximum atomic E-state index is 12.4. The van der Waals surface area contributed by atoms with Crippen LogP contribution in [0.1, 0.15) is 39.8 Å². The van der Waals surface area contributed by atoms with Gasteiger partial charge in [0.2, 0.25) is 0 Å². The molecule has 2 heterocycles. The lowest BCUT2D eigenvalue weighted by molar-refractivity contribution is -0.123. The van der Waals surface area contributed by atoms with Crippen molar-refractivity contribution < 1.29 is 18.0 Å². The Morgan fingerprint density at radius 3 is 2.70 bits per heavy atom. The molecule has 0 saturated carbocycles. The SMILES string of the molecule is CCc1c(Cc2nc(-c3ccc(C(=O)NCC(F)(F)F)c(C)c3)nn2C)ccc2[nH]ncc12. The number of H-pyrrole nitrogens is 1. The van der Waals surface area contributed by atoms with Crippen molar-refractivity contribution in [2.45, 2.75) is 32.9 Å². The van der Waals surface area contributed by atoms with Crippen LogP contribution in [0.2, 0.25) is 0 Å². The number of carbonyl (C=O) groups is 1. The summed E-state index contributed by atoms with van der Waals surface area (Å²) in [5, 5.41) is 14.6. The number of nitrogens with one attached hydrogen (secondary N) is 2. The Kier molecular flexibility index (Phi) is 5.92. The first-order valence-electron chi connectivity index (χ1n) is 10.5. The summed E-state index contributed by atoms with van der Waals surface area (Å²) in [5.74, 6) is 0.486. The molecular formula is C23H23F3N6O. The van der Waals surface area contributed by atoms with E-state index < -0.39 is 18.6 Å². The zero-order chi connectivity index (χ0) is 23.8. The summed E-state index contributed by atoms with van der Waals surface area (Å²) in [6.45, 7) is 2.40. The zero-order valence-electron chi connectivity index (χ0n) is 18.4. The smallest absolute Gasteiger partial charge is 0.343 e. The second-order valence-corrected chi connectivity index (χ2v) is 7.87. The number of fused-ring (bicyclic) bond motifs is 1. The molecule has 4 rings (SSSR count). The van der Waals surface area contributed by atoms with Gasteiger partial charge in [-0.1, -0.05) is 19.1 Å². The third-order valence-corrected chi connectivity index (χ3v) is 5.57. The minimum absolute atomic E-state index is 0.181. The van der Waals surface area contributed by atoms with Gasteiger partial charge >= 0.3 is 6.18 Å². The Balaban J connectivity index is 1.57. The molecule has 0 atom stereocenters. The monoisotopic (exact) mass is 456 g/mol. The molecule has 2 aromatic carbocycles. The van der Waals surface area contributed by atoms with E-state index in [0.717, 1.165) is 28.7 Å². The van der Waals surface area contributed by atoms with Crippen LogP contribution >= 0.6 is 0 Å². The van der Waals surface area contributed by atoms with Gasteiger partial charge in [0.25, 0.3) is 5.91 Å². The number of nitrogens with zero attached hydrogens (tertiary/aromatic N) is 4. The van der Waals surface area contributed by atoms with Crippen molar-refractivity contribution in [2.24, 2.45) is 7.05 Å². The van der Waals surface area contributed by atoms with Gasteiger partial charge in [0.15, 0.2) is 5.82 Å². The number of aryl methyl sites for hydroxylation is 3. The highest BCUT2D eigenvalue weighted by molar-refractivity contribution is 5.96. The summed E-state index contributed by atoms with van der Waals surface area (Å²) in [6, 6.07) is 8.90. The summed E-state index contributed by atoms with van der Waals surface area (Å²) in [4.78, 5) is 16.8. The van der Waals surface area contributed by atoms with Crippen LogP contribution < -0.4 is 5.32 Å². The van der Waals surface area contributed by atoms with E-state index in [2.05, 4.69) is 33.3 Å². The van der Waals surface area contributed by atoms with Crippen LogP contribution in [0.5, 0.6) is 0 Å². The number of benzene rings is 2. The maximum Gasteiger partial charge on any atom is 0.405 e. The number of aromatic nitrogens is 5. The fourth-order valence-electron chi connectivity index (χ4n) is 3.90. The molecule has 0 bridgehead atoms. The van der Waals surface area contributed by atoms with Crippen molar-refractivity contribution in [3.8, 4) is 11.4 Å². The van der Waals surface area contributed by atoms with Gasteiger partial charge in [-0.3, -0.25) is 14.6 Å². The highest BCUT2D eigenvalue weighted by Gasteiger charge is 2.28. The molecule has 0 aliphatic heterocycles. The van der Waals surface area contributed by atoms with Crippen LogP contribution in [0.15, 0.2) is 36.5 Å². The first-order chi connectivity index (χ1) is 15.7. The number of hydrogen-bond acceptors (Lipinski definition) is 4. The normalized spacial score (nSPS) is 11.8. The summed E-state index contributed by atoms with van der Waals surface area (Å²) in [7, 11) is 1.82. The summed E-state index contributed by atoms with van der Waals surface area (Å²) in [6.07, 6.45) is -1.19. The number of halogens is 3. The highest BCUT2D eigenvalue weighted by atomic mass is 19.4. The summed E-state index contributed by atoms with van der Waals surface area (Å²) in [5.41, 5.74) is 4.74. The van der Waals surface area contributed by atoms with Gasteiger partial charge in [-0.05, 0) is 48.2 Å². The van der Waals surface area contributed by atoms with E-state index in [1.165, 1.54) is 11.6 Å². The average molecular weight is 456 g/mol. The van der Waals surface area contributed by atoms with E-state index in [1.807, 2.05) is 24.6 Å². The van der Waals surface area contributed by atoms with Gasteiger partial charge in [0.1, 0.15) is 12.4 Å². The first-order valence-corrected chi connectivity index (χ1v) is 10.5. The number of carbonyl (C=O) groups excluding carboxylic acids is 1. The van der Waals surface area contributed by atoms with Crippen molar-refractivity contribution in [1.82, 2.24) is 30.3 Å². The first kappa shape index (κ1) is 22.5. The van der Waals surface area contributed by atoms with E-state index in [1.54, 1.807) is 23.7 Å². The third-order valence-electron chi connectivity index (χ3n) is 5.57. The molecule has 172 valence electrons. The molecular weight excluding hydrogens is 433 g/mol. The molecule has 0 fully saturated rings. The van der Waals surface area contributed by atoms with Gasteiger partial charge in [-0.25, -0.2) is 4.98 Å². The second-order valence-electron chi connectivity index (χ2n) is 7.87. The van der Waals surface area contributed by atoms with Crippen LogP contribution in [0.3, 0.4) is 0 Å². The number of amides is 1. The van der Waals surface area contributed by atoms with Crippen LogP contribution in [0, 0.1) is 6.92 Å². The predicted octanol–water partition coefficient (Wildman–Crippen LogP) is 4.11. The Morgan fingerprint density at radius 2 is 2.00 bits per heavy atom. The van der Waals surface area contributed by atoms with E-state index in [9.17, 15) is 18.0 Å². The average Bonchev–Trinajstić information content (AvgIpc) is 3.38. The largest absolute Gasteiger partial charge is 0.405 e. The van der Waals surface area contributed by atoms with E-state index >= 15 is 0 Å². The van der Waals surface area contributed by atoms with Crippen LogP contribution in [-0.4, -0.2) is 43.6 Å². The molecule has 7 nitrogen and oxygen atoms in total. The second kappa shape index (κ2) is 8.68. The fourth-order valence-corrected chi connectivity index (χ4v) is 3.90. The van der Waals surface area contributed by atoms with Crippen molar-refractivity contribution in [1.29, 1.82) is 0 Å². The molecule has 0 unspecified atom stereocenters. The van der Waals surface area contributed by atoms with Crippen molar-refractivity contribution in [2.75, 3.05) is 6.54 Å². The minimum atomic E-state index is -4.46. The molecule has 0 aliphatic carbocycles. The van der Waals surface area contributed by atoms with Crippen LogP contribution in [-0.2, 0) is 19.9 Å². The molecule has 0 spiro atoms. The van der Waals surface area contributed by atoms with Crippen LogP contribution in [0.25, 0.3) is 22.3 Å². The molecule has 0 radical (unpaired) electrons. The Bertz CT molecular complexity index is 1320. The lowest BCUT2D eigenvalue weighted by Crippen LogP contribution is -2.34. The molecule has 1 amide bonds. The molecule has 0 saturated heterocycles. The Hall–Kier alpha value is -3.69. The highest BCUT2D eigenvalue weighted by Crippen LogP contribution is 2.25. The number of hydrogen-bond donors (Lipinski definition) is 2. The van der Waals surface area contributed by atoms with Crippen molar-refractivity contribution in [3.63, 3.8) is 0 Å². The lowest BCUT2D eigenvalue weighted by Gasteiger charge is -2.10. The fraction of sp³-hybridized carbons (Fsp3) is 0.304. The lowest BCUT2D eigenvalue weighted by atomic mass is 9.98. The number of aromatic amines is 1. The van der Waals surface area contributed by atoms with Gasteiger partial charge < -0.3 is 5.32 Å². The molecule has 33 heavy (non-hydrogen) atoms. The number of alkyl halides is 3. The minimum Gasteiger partial charge on any atom is -0.343 e. The molecule has 10 heteroatoms. The van der Waals surface area contributed by atoms with E-state index in [0.29, 0.717) is 23.4 Å². The van der Waals surface area contributed by atoms with Gasteiger partial charge in [0, 0.05) is 30.0 Å². The molecule has 2 aromatic heterocycles. The van der Waals surface area contributed by atoms with Gasteiger partial charge in [-0.2, -0.15) is 23.4 Å². The van der Waals surface area contributed by atoms with E-state index in [-0.39, 0.29) is 5.56 Å². The van der Waals surface area contributed by atoms with Crippen molar-refractivity contribution >= 4 is 16.8 Å². The Labute approximate surface area is 188 Å². The topological polar surface area (TPSA) is 88.5 Å².